The monoisotopic (exact) mass is 271 g/mol. The van der Waals surface area contributed by atoms with E-state index in [1.165, 1.54) is 0 Å². The van der Waals surface area contributed by atoms with Gasteiger partial charge in [-0.3, -0.25) is 0 Å². The summed E-state index contributed by atoms with van der Waals surface area (Å²) in [4.78, 5) is 3.56. The number of para-hydroxylation sites is 2. The van der Waals surface area contributed by atoms with E-state index in [1.54, 1.807) is 0 Å². The van der Waals surface area contributed by atoms with Crippen LogP contribution in [0.4, 0.5) is 5.69 Å². The molecule has 0 aliphatic heterocycles. The quantitative estimate of drug-likeness (QED) is 0.557. The SMILES string of the molecule is [C-]#[N+]c1ccccc1-c1ccc(Oc2ccccc2)cc1. The Balaban J connectivity index is 1.86. The molecule has 0 heterocycles. The Morgan fingerprint density at radius 1 is 0.667 bits per heavy atom. The molecular weight excluding hydrogens is 258 g/mol. The van der Waals surface area contributed by atoms with Crippen molar-refractivity contribution in [3.05, 3.63) is 90.3 Å². The minimum atomic E-state index is 0.661. The van der Waals surface area contributed by atoms with E-state index < -0.39 is 0 Å². The third-order valence-electron chi connectivity index (χ3n) is 3.17. The molecule has 0 radical (unpaired) electrons. The lowest BCUT2D eigenvalue weighted by molar-refractivity contribution is 0.483. The van der Waals surface area contributed by atoms with Crippen molar-refractivity contribution >= 4 is 5.69 Å². The lowest BCUT2D eigenvalue weighted by Gasteiger charge is -2.08. The van der Waals surface area contributed by atoms with Crippen molar-refractivity contribution in [2.45, 2.75) is 0 Å². The summed E-state index contributed by atoms with van der Waals surface area (Å²) in [5.74, 6) is 1.59. The van der Waals surface area contributed by atoms with Crippen LogP contribution in [0.15, 0.2) is 78.9 Å². The molecule has 3 aromatic carbocycles. The van der Waals surface area contributed by atoms with Crippen molar-refractivity contribution < 1.29 is 4.74 Å². The molecule has 0 atom stereocenters. The molecule has 0 aliphatic rings. The maximum atomic E-state index is 7.22. The van der Waals surface area contributed by atoms with Crippen LogP contribution in [-0.4, -0.2) is 0 Å². The second-order valence-electron chi connectivity index (χ2n) is 4.57. The molecule has 2 nitrogen and oxygen atoms in total. The summed E-state index contributed by atoms with van der Waals surface area (Å²) in [5, 5.41) is 0. The largest absolute Gasteiger partial charge is 0.457 e. The molecule has 2 heteroatoms. The lowest BCUT2D eigenvalue weighted by atomic mass is 10.0. The van der Waals surface area contributed by atoms with Gasteiger partial charge in [-0.25, -0.2) is 4.85 Å². The molecule has 0 spiro atoms. The number of rotatable bonds is 3. The average molecular weight is 271 g/mol. The smallest absolute Gasteiger partial charge is 0.194 e. The van der Waals surface area contributed by atoms with Crippen LogP contribution in [0, 0.1) is 6.57 Å². The van der Waals surface area contributed by atoms with Crippen LogP contribution < -0.4 is 4.74 Å². The normalized spacial score (nSPS) is 9.86. The molecule has 0 unspecified atom stereocenters. The summed E-state index contributed by atoms with van der Waals surface area (Å²) in [6.07, 6.45) is 0. The fourth-order valence-electron chi connectivity index (χ4n) is 2.14. The maximum Gasteiger partial charge on any atom is 0.194 e. The van der Waals surface area contributed by atoms with Gasteiger partial charge in [0.1, 0.15) is 11.5 Å². The second-order valence-corrected chi connectivity index (χ2v) is 4.57. The van der Waals surface area contributed by atoms with E-state index in [4.69, 9.17) is 11.3 Å². The molecule has 0 N–H and O–H groups in total. The first-order valence-corrected chi connectivity index (χ1v) is 6.66. The summed E-state index contributed by atoms with van der Waals surface area (Å²) in [6, 6.07) is 25.1. The highest BCUT2D eigenvalue weighted by Crippen LogP contribution is 2.31. The predicted octanol–water partition coefficient (Wildman–Crippen LogP) is 5.70. The minimum absolute atomic E-state index is 0.661. The van der Waals surface area contributed by atoms with Gasteiger partial charge in [0.25, 0.3) is 0 Å². The Kier molecular flexibility index (Phi) is 3.66. The molecule has 0 fully saturated rings. The van der Waals surface area contributed by atoms with Crippen molar-refractivity contribution in [1.82, 2.24) is 0 Å². The molecular formula is C19H13NO. The zero-order valence-corrected chi connectivity index (χ0v) is 11.4. The van der Waals surface area contributed by atoms with Crippen LogP contribution in [0.5, 0.6) is 11.5 Å². The number of nitrogens with zero attached hydrogens (tertiary/aromatic N) is 1. The number of benzene rings is 3. The highest BCUT2D eigenvalue weighted by Gasteiger charge is 2.04. The summed E-state index contributed by atoms with van der Waals surface area (Å²) in [5.41, 5.74) is 2.62. The molecule has 100 valence electrons. The van der Waals surface area contributed by atoms with Gasteiger partial charge >= 0.3 is 0 Å². The molecule has 3 rings (SSSR count). The van der Waals surface area contributed by atoms with Gasteiger partial charge < -0.3 is 4.74 Å². The molecule has 3 aromatic rings. The molecule has 0 aliphatic carbocycles. The van der Waals surface area contributed by atoms with E-state index in [2.05, 4.69) is 4.85 Å². The van der Waals surface area contributed by atoms with Crippen LogP contribution in [0.1, 0.15) is 0 Å². The third kappa shape index (κ3) is 2.93. The molecule has 0 amide bonds. The third-order valence-corrected chi connectivity index (χ3v) is 3.17. The number of ether oxygens (including phenoxy) is 1. The van der Waals surface area contributed by atoms with Crippen LogP contribution in [0.3, 0.4) is 0 Å². The van der Waals surface area contributed by atoms with Crippen molar-refractivity contribution in [1.29, 1.82) is 0 Å². The summed E-state index contributed by atoms with van der Waals surface area (Å²) in [6.45, 7) is 7.22. The van der Waals surface area contributed by atoms with Gasteiger partial charge in [-0.05, 0) is 35.4 Å². The van der Waals surface area contributed by atoms with Crippen molar-refractivity contribution in [2.24, 2.45) is 0 Å². The Morgan fingerprint density at radius 3 is 2.00 bits per heavy atom. The number of hydrogen-bond acceptors (Lipinski definition) is 1. The summed E-state index contributed by atoms with van der Waals surface area (Å²) >= 11 is 0. The fraction of sp³-hybridized carbons (Fsp3) is 0. The molecule has 0 aromatic heterocycles. The average Bonchev–Trinajstić information content (AvgIpc) is 2.56. The summed E-state index contributed by atoms with van der Waals surface area (Å²) in [7, 11) is 0. The van der Waals surface area contributed by atoms with E-state index in [9.17, 15) is 0 Å². The van der Waals surface area contributed by atoms with Gasteiger partial charge in [-0.2, -0.15) is 0 Å². The molecule has 21 heavy (non-hydrogen) atoms. The topological polar surface area (TPSA) is 13.6 Å². The first-order chi connectivity index (χ1) is 10.4. The first kappa shape index (κ1) is 13.0. The minimum Gasteiger partial charge on any atom is -0.457 e. The zero-order valence-electron chi connectivity index (χ0n) is 11.4. The Bertz CT molecular complexity index is 771. The van der Waals surface area contributed by atoms with Gasteiger partial charge in [0.2, 0.25) is 0 Å². The van der Waals surface area contributed by atoms with Crippen LogP contribution in [-0.2, 0) is 0 Å². The molecule has 0 saturated carbocycles. The first-order valence-electron chi connectivity index (χ1n) is 6.66. The Hall–Kier alpha value is -3.05. The van der Waals surface area contributed by atoms with Crippen molar-refractivity contribution in [3.8, 4) is 22.6 Å². The van der Waals surface area contributed by atoms with Crippen molar-refractivity contribution in [3.63, 3.8) is 0 Å². The van der Waals surface area contributed by atoms with E-state index in [0.717, 1.165) is 22.6 Å². The highest BCUT2D eigenvalue weighted by molar-refractivity contribution is 5.78. The molecule has 0 bridgehead atoms. The second kappa shape index (κ2) is 5.94. The van der Waals surface area contributed by atoms with Crippen molar-refractivity contribution in [2.75, 3.05) is 0 Å². The Labute approximate surface area is 124 Å². The standard InChI is InChI=1S/C19H13NO/c1-20-19-10-6-5-9-18(19)15-11-13-17(14-12-15)21-16-7-3-2-4-8-16/h2-14H. The number of hydrogen-bond donors (Lipinski definition) is 0. The van der Waals surface area contributed by atoms with Gasteiger partial charge in [0, 0.05) is 0 Å². The van der Waals surface area contributed by atoms with Gasteiger partial charge in [0.05, 0.1) is 6.57 Å². The summed E-state index contributed by atoms with van der Waals surface area (Å²) < 4.78 is 5.77. The van der Waals surface area contributed by atoms with Gasteiger partial charge in [0.15, 0.2) is 5.69 Å². The van der Waals surface area contributed by atoms with Gasteiger partial charge in [-0.15, -0.1) is 0 Å². The highest BCUT2D eigenvalue weighted by atomic mass is 16.5. The molecule has 0 saturated heterocycles. The Morgan fingerprint density at radius 2 is 1.29 bits per heavy atom. The van der Waals surface area contributed by atoms with Crippen LogP contribution in [0.2, 0.25) is 0 Å². The van der Waals surface area contributed by atoms with Gasteiger partial charge in [-0.1, -0.05) is 54.6 Å². The van der Waals surface area contributed by atoms with E-state index in [0.29, 0.717) is 5.69 Å². The van der Waals surface area contributed by atoms with Crippen LogP contribution in [0.25, 0.3) is 16.0 Å². The van der Waals surface area contributed by atoms with E-state index >= 15 is 0 Å². The van der Waals surface area contributed by atoms with Crippen LogP contribution >= 0.6 is 0 Å². The van der Waals surface area contributed by atoms with E-state index in [-0.39, 0.29) is 0 Å². The lowest BCUT2D eigenvalue weighted by Crippen LogP contribution is -1.84. The predicted molar refractivity (Wildman–Crippen MR) is 84.7 cm³/mol. The fourth-order valence-corrected chi connectivity index (χ4v) is 2.14. The zero-order chi connectivity index (χ0) is 14.5. The maximum absolute atomic E-state index is 7.22. The van der Waals surface area contributed by atoms with E-state index in [1.807, 2.05) is 78.9 Å².